The second kappa shape index (κ2) is 12.0. The first-order valence-electron chi connectivity index (χ1n) is 13.4. The summed E-state index contributed by atoms with van der Waals surface area (Å²) in [5.41, 5.74) is 9.25. The van der Waals surface area contributed by atoms with Gasteiger partial charge in [0.05, 0.1) is 23.9 Å². The number of amides is 1. The molecule has 2 aromatic heterocycles. The number of carbonyl (C=O) groups excluding carboxylic acids is 1. The number of anilines is 2. The van der Waals surface area contributed by atoms with Crippen LogP contribution in [0.15, 0.2) is 29.6 Å². The van der Waals surface area contributed by atoms with E-state index in [4.69, 9.17) is 20.3 Å². The highest BCUT2D eigenvalue weighted by Crippen LogP contribution is 2.38. The number of rotatable bonds is 9. The maximum absolute atomic E-state index is 13.5. The fourth-order valence-corrected chi connectivity index (χ4v) is 6.05. The SMILES string of the molecule is CCc1nc(CCOc2nc(N)c3c(n2)OCCN(c2ccc(C4CCC(CC(=O)O)CC4)cc2)C3=O)cs1. The van der Waals surface area contributed by atoms with Gasteiger partial charge in [-0.05, 0) is 61.6 Å². The fourth-order valence-electron chi connectivity index (χ4n) is 5.27. The standard InChI is InChI=1S/C28H33N5O5S/c1-2-22-30-20(16-39-22)11-13-38-28-31-25(29)24-26(32-28)37-14-12-33(27(24)36)21-9-7-19(8-10-21)18-5-3-17(4-6-18)15-23(34)35/h7-10,16-18H,2-6,11-15H2,1H3,(H,34,35)(H2,29,31,32). The Morgan fingerprint density at radius 2 is 1.95 bits per heavy atom. The van der Waals surface area contributed by atoms with Crippen molar-refractivity contribution in [1.29, 1.82) is 0 Å². The van der Waals surface area contributed by atoms with Crippen LogP contribution in [0.1, 0.15) is 71.6 Å². The first-order valence-corrected chi connectivity index (χ1v) is 14.3. The Bertz CT molecular complexity index is 1320. The lowest BCUT2D eigenvalue weighted by molar-refractivity contribution is -0.138. The molecule has 1 amide bonds. The van der Waals surface area contributed by atoms with Gasteiger partial charge in [0.15, 0.2) is 0 Å². The molecule has 3 aromatic rings. The summed E-state index contributed by atoms with van der Waals surface area (Å²) >= 11 is 1.63. The van der Waals surface area contributed by atoms with Gasteiger partial charge >= 0.3 is 12.0 Å². The van der Waals surface area contributed by atoms with Crippen LogP contribution in [0, 0.1) is 5.92 Å². The normalized spacial score (nSPS) is 19.2. The molecule has 0 saturated heterocycles. The van der Waals surface area contributed by atoms with Crippen molar-refractivity contribution in [1.82, 2.24) is 15.0 Å². The number of benzene rings is 1. The van der Waals surface area contributed by atoms with Gasteiger partial charge in [0.25, 0.3) is 5.91 Å². The molecule has 1 saturated carbocycles. The average molecular weight is 552 g/mol. The van der Waals surface area contributed by atoms with Gasteiger partial charge in [-0.2, -0.15) is 9.97 Å². The number of aryl methyl sites for hydroxylation is 1. The highest BCUT2D eigenvalue weighted by molar-refractivity contribution is 7.09. The minimum atomic E-state index is -0.720. The molecule has 10 nitrogen and oxygen atoms in total. The van der Waals surface area contributed by atoms with Crippen molar-refractivity contribution < 1.29 is 24.2 Å². The molecule has 5 rings (SSSR count). The minimum absolute atomic E-state index is 0.0172. The first kappa shape index (κ1) is 26.9. The summed E-state index contributed by atoms with van der Waals surface area (Å²) in [6.45, 7) is 3.00. The Balaban J connectivity index is 1.23. The van der Waals surface area contributed by atoms with Crippen molar-refractivity contribution in [3.63, 3.8) is 0 Å². The number of hydrogen-bond donors (Lipinski definition) is 2. The van der Waals surface area contributed by atoms with Crippen LogP contribution in [0.2, 0.25) is 0 Å². The average Bonchev–Trinajstić information content (AvgIpc) is 3.32. The van der Waals surface area contributed by atoms with Crippen molar-refractivity contribution in [2.45, 2.75) is 57.8 Å². The molecule has 0 atom stereocenters. The molecule has 3 heterocycles. The lowest BCUT2D eigenvalue weighted by Crippen LogP contribution is -2.32. The maximum atomic E-state index is 13.5. The van der Waals surface area contributed by atoms with E-state index >= 15 is 0 Å². The molecule has 0 radical (unpaired) electrons. The van der Waals surface area contributed by atoms with Gasteiger partial charge in [-0.15, -0.1) is 11.3 Å². The summed E-state index contributed by atoms with van der Waals surface area (Å²) in [5, 5.41) is 12.2. The van der Waals surface area contributed by atoms with Crippen LogP contribution in [0.5, 0.6) is 11.9 Å². The lowest BCUT2D eigenvalue weighted by Gasteiger charge is -2.28. The molecule has 1 fully saturated rings. The van der Waals surface area contributed by atoms with Crippen LogP contribution in [0.3, 0.4) is 0 Å². The van der Waals surface area contributed by atoms with Gasteiger partial charge in [-0.1, -0.05) is 19.1 Å². The predicted molar refractivity (Wildman–Crippen MR) is 148 cm³/mol. The van der Waals surface area contributed by atoms with Crippen LogP contribution in [0.4, 0.5) is 11.5 Å². The molecule has 3 N–H and O–H groups in total. The number of hydrogen-bond acceptors (Lipinski definition) is 9. The van der Waals surface area contributed by atoms with E-state index in [0.29, 0.717) is 25.5 Å². The number of nitrogen functional groups attached to an aromatic ring is 1. The Hall–Kier alpha value is -3.73. The molecule has 1 aromatic carbocycles. The van der Waals surface area contributed by atoms with Gasteiger partial charge in [0, 0.05) is 23.9 Å². The molecule has 39 heavy (non-hydrogen) atoms. The summed E-state index contributed by atoms with van der Waals surface area (Å²) in [6, 6.07) is 8.07. The highest BCUT2D eigenvalue weighted by Gasteiger charge is 2.30. The van der Waals surface area contributed by atoms with E-state index in [2.05, 4.69) is 34.0 Å². The molecule has 0 spiro atoms. The number of carboxylic acids is 1. The number of thiazole rings is 1. The molecule has 206 valence electrons. The Morgan fingerprint density at radius 3 is 2.64 bits per heavy atom. The summed E-state index contributed by atoms with van der Waals surface area (Å²) in [4.78, 5) is 39.2. The summed E-state index contributed by atoms with van der Waals surface area (Å²) in [5.74, 6) is -0.228. The van der Waals surface area contributed by atoms with E-state index in [0.717, 1.165) is 48.5 Å². The number of ether oxygens (including phenoxy) is 2. The Kier molecular flexibility index (Phi) is 8.25. The minimum Gasteiger partial charge on any atom is -0.481 e. The lowest BCUT2D eigenvalue weighted by atomic mass is 9.77. The molecule has 2 aliphatic rings. The van der Waals surface area contributed by atoms with Crippen molar-refractivity contribution in [3.05, 3.63) is 51.5 Å². The molecule has 1 aliphatic heterocycles. The van der Waals surface area contributed by atoms with E-state index in [9.17, 15) is 9.59 Å². The van der Waals surface area contributed by atoms with E-state index in [-0.39, 0.29) is 48.1 Å². The van der Waals surface area contributed by atoms with Crippen LogP contribution >= 0.6 is 11.3 Å². The van der Waals surface area contributed by atoms with Gasteiger partial charge < -0.3 is 25.2 Å². The second-order valence-electron chi connectivity index (χ2n) is 9.97. The van der Waals surface area contributed by atoms with Gasteiger partial charge in [-0.3, -0.25) is 9.59 Å². The third-order valence-electron chi connectivity index (χ3n) is 7.37. The number of fused-ring (bicyclic) bond motifs is 1. The zero-order valence-electron chi connectivity index (χ0n) is 22.0. The number of carbonyl (C=O) groups is 2. The zero-order valence-corrected chi connectivity index (χ0v) is 22.8. The van der Waals surface area contributed by atoms with Gasteiger partial charge in [-0.25, -0.2) is 4.98 Å². The Labute approximate surface area is 231 Å². The third-order valence-corrected chi connectivity index (χ3v) is 8.42. The van der Waals surface area contributed by atoms with E-state index in [1.807, 2.05) is 17.5 Å². The summed E-state index contributed by atoms with van der Waals surface area (Å²) in [7, 11) is 0. The zero-order chi connectivity index (χ0) is 27.4. The monoisotopic (exact) mass is 551 g/mol. The topological polar surface area (TPSA) is 141 Å². The predicted octanol–water partition coefficient (Wildman–Crippen LogP) is 4.49. The van der Waals surface area contributed by atoms with Crippen LogP contribution in [-0.2, 0) is 17.6 Å². The fraction of sp³-hybridized carbons (Fsp3) is 0.464. The van der Waals surface area contributed by atoms with E-state index in [1.54, 1.807) is 16.2 Å². The van der Waals surface area contributed by atoms with Gasteiger partial charge in [0.2, 0.25) is 5.88 Å². The smallest absolute Gasteiger partial charge is 0.321 e. The van der Waals surface area contributed by atoms with Crippen LogP contribution < -0.4 is 20.1 Å². The van der Waals surface area contributed by atoms with E-state index < -0.39 is 5.97 Å². The van der Waals surface area contributed by atoms with E-state index in [1.165, 1.54) is 5.56 Å². The number of aliphatic carboxylic acids is 1. The number of carboxylic acid groups (broad SMARTS) is 1. The molecule has 1 aliphatic carbocycles. The maximum Gasteiger partial charge on any atom is 0.321 e. The second-order valence-corrected chi connectivity index (χ2v) is 10.9. The molecule has 0 unspecified atom stereocenters. The largest absolute Gasteiger partial charge is 0.481 e. The number of nitrogens with two attached hydrogens (primary N) is 1. The van der Waals surface area contributed by atoms with Crippen molar-refractivity contribution in [2.24, 2.45) is 5.92 Å². The summed E-state index contributed by atoms with van der Waals surface area (Å²) < 4.78 is 11.5. The number of aromatic nitrogens is 3. The van der Waals surface area contributed by atoms with Gasteiger partial charge in [0.1, 0.15) is 18.0 Å². The molecular formula is C28H33N5O5S. The Morgan fingerprint density at radius 1 is 1.18 bits per heavy atom. The third kappa shape index (κ3) is 6.30. The van der Waals surface area contributed by atoms with Crippen molar-refractivity contribution in [2.75, 3.05) is 30.4 Å². The number of nitrogens with zero attached hydrogens (tertiary/aromatic N) is 4. The van der Waals surface area contributed by atoms with Crippen molar-refractivity contribution in [3.8, 4) is 11.9 Å². The molecule has 11 heteroatoms. The first-order chi connectivity index (χ1) is 18.9. The molecule has 0 bridgehead atoms. The summed E-state index contributed by atoms with van der Waals surface area (Å²) in [6.07, 6.45) is 5.56. The van der Waals surface area contributed by atoms with Crippen LogP contribution in [-0.4, -0.2) is 51.7 Å². The highest BCUT2D eigenvalue weighted by atomic mass is 32.1. The van der Waals surface area contributed by atoms with Crippen LogP contribution in [0.25, 0.3) is 0 Å². The van der Waals surface area contributed by atoms with Crippen molar-refractivity contribution >= 4 is 34.7 Å². The quantitative estimate of drug-likeness (QED) is 0.393. The molecular weight excluding hydrogens is 518 g/mol.